The van der Waals surface area contributed by atoms with Gasteiger partial charge in [0.1, 0.15) is 5.57 Å². The second kappa shape index (κ2) is 5.96. The summed E-state index contributed by atoms with van der Waals surface area (Å²) < 4.78 is 14.0. The van der Waals surface area contributed by atoms with Crippen LogP contribution in [0.15, 0.2) is 41.5 Å². The highest BCUT2D eigenvalue weighted by molar-refractivity contribution is 6.21. The standard InChI is InChI=1S/C14H12O8/c1-19-11(15)9-10(13(17)20-2)14(22-18,21-12(9)16)8-6-4-3-5-7-8/h3-7,18H,1-2H3/t14-/m1/s1. The predicted octanol–water partition coefficient (Wildman–Crippen LogP) is 0.528. The van der Waals surface area contributed by atoms with Gasteiger partial charge >= 0.3 is 23.7 Å². The molecular weight excluding hydrogens is 296 g/mol. The molecule has 1 atom stereocenters. The van der Waals surface area contributed by atoms with Crippen molar-refractivity contribution in [2.45, 2.75) is 5.79 Å². The van der Waals surface area contributed by atoms with E-state index in [4.69, 9.17) is 4.74 Å². The van der Waals surface area contributed by atoms with Crippen LogP contribution >= 0.6 is 0 Å². The molecule has 1 aliphatic rings. The fourth-order valence-corrected chi connectivity index (χ4v) is 2.10. The first-order chi connectivity index (χ1) is 10.5. The van der Waals surface area contributed by atoms with E-state index in [0.29, 0.717) is 0 Å². The van der Waals surface area contributed by atoms with E-state index in [9.17, 15) is 19.6 Å². The number of hydrogen-bond donors (Lipinski definition) is 1. The summed E-state index contributed by atoms with van der Waals surface area (Å²) in [6, 6.07) is 7.66. The van der Waals surface area contributed by atoms with Crippen LogP contribution < -0.4 is 0 Å². The fraction of sp³-hybridized carbons (Fsp3) is 0.214. The summed E-state index contributed by atoms with van der Waals surface area (Å²) in [7, 11) is 2.07. The maximum absolute atomic E-state index is 12.0. The van der Waals surface area contributed by atoms with Crippen molar-refractivity contribution in [2.24, 2.45) is 0 Å². The maximum atomic E-state index is 12.0. The number of benzene rings is 1. The molecule has 1 aromatic carbocycles. The van der Waals surface area contributed by atoms with Crippen LogP contribution in [0.2, 0.25) is 0 Å². The van der Waals surface area contributed by atoms with Crippen molar-refractivity contribution in [1.82, 2.24) is 0 Å². The molecule has 1 aliphatic heterocycles. The molecule has 1 heterocycles. The lowest BCUT2D eigenvalue weighted by atomic mass is 9.95. The van der Waals surface area contributed by atoms with E-state index in [1.165, 1.54) is 12.1 Å². The zero-order valence-corrected chi connectivity index (χ0v) is 11.7. The molecule has 0 spiro atoms. The van der Waals surface area contributed by atoms with Crippen molar-refractivity contribution < 1.29 is 38.7 Å². The van der Waals surface area contributed by atoms with E-state index in [1.54, 1.807) is 18.2 Å². The molecule has 8 nitrogen and oxygen atoms in total. The minimum Gasteiger partial charge on any atom is -0.465 e. The van der Waals surface area contributed by atoms with Gasteiger partial charge in [0, 0.05) is 5.56 Å². The number of hydrogen-bond acceptors (Lipinski definition) is 8. The Balaban J connectivity index is 2.74. The Morgan fingerprint density at radius 3 is 2.18 bits per heavy atom. The summed E-state index contributed by atoms with van der Waals surface area (Å²) in [4.78, 5) is 40.1. The summed E-state index contributed by atoms with van der Waals surface area (Å²) >= 11 is 0. The molecule has 8 heteroatoms. The van der Waals surface area contributed by atoms with Gasteiger partial charge in [-0.05, 0) is 0 Å². The van der Waals surface area contributed by atoms with Crippen molar-refractivity contribution in [2.75, 3.05) is 14.2 Å². The monoisotopic (exact) mass is 308 g/mol. The van der Waals surface area contributed by atoms with Gasteiger partial charge in [0.25, 0.3) is 0 Å². The highest BCUT2D eigenvalue weighted by Crippen LogP contribution is 2.42. The first-order valence-corrected chi connectivity index (χ1v) is 6.04. The highest BCUT2D eigenvalue weighted by atomic mass is 17.1. The van der Waals surface area contributed by atoms with E-state index in [1.807, 2.05) is 0 Å². The third-order valence-corrected chi connectivity index (χ3v) is 3.08. The van der Waals surface area contributed by atoms with Gasteiger partial charge in [-0.15, -0.1) is 0 Å². The molecule has 0 bridgehead atoms. The minimum absolute atomic E-state index is 0.116. The van der Waals surface area contributed by atoms with Gasteiger partial charge in [-0.3, -0.25) is 0 Å². The van der Waals surface area contributed by atoms with E-state index in [2.05, 4.69) is 14.4 Å². The minimum atomic E-state index is -2.30. The summed E-state index contributed by atoms with van der Waals surface area (Å²) in [5.41, 5.74) is -1.18. The van der Waals surface area contributed by atoms with Crippen LogP contribution in [-0.4, -0.2) is 37.4 Å². The van der Waals surface area contributed by atoms with E-state index in [-0.39, 0.29) is 5.56 Å². The number of ether oxygens (including phenoxy) is 3. The summed E-state index contributed by atoms with van der Waals surface area (Å²) in [6.45, 7) is 0. The number of esters is 3. The fourth-order valence-electron chi connectivity index (χ4n) is 2.10. The summed E-state index contributed by atoms with van der Waals surface area (Å²) in [6.07, 6.45) is 0. The van der Waals surface area contributed by atoms with Crippen molar-refractivity contribution in [3.8, 4) is 0 Å². The molecule has 0 radical (unpaired) electrons. The molecule has 0 saturated heterocycles. The van der Waals surface area contributed by atoms with Crippen LogP contribution in [0, 0.1) is 0 Å². The molecule has 22 heavy (non-hydrogen) atoms. The number of methoxy groups -OCH3 is 2. The molecule has 0 aromatic heterocycles. The number of carbonyl (C=O) groups excluding carboxylic acids is 3. The van der Waals surface area contributed by atoms with Crippen LogP contribution in [0.25, 0.3) is 0 Å². The Bertz CT molecular complexity index is 648. The molecule has 2 rings (SSSR count). The zero-order valence-electron chi connectivity index (χ0n) is 11.7. The molecule has 0 fully saturated rings. The maximum Gasteiger partial charge on any atom is 0.349 e. The summed E-state index contributed by atoms with van der Waals surface area (Å²) in [5.74, 6) is -5.66. The molecule has 1 aromatic rings. The van der Waals surface area contributed by atoms with Crippen molar-refractivity contribution in [3.05, 3.63) is 47.0 Å². The van der Waals surface area contributed by atoms with Gasteiger partial charge in [0.15, 0.2) is 5.57 Å². The Kier molecular flexibility index (Phi) is 4.25. The quantitative estimate of drug-likeness (QED) is 0.282. The van der Waals surface area contributed by atoms with Crippen LogP contribution in [0.3, 0.4) is 0 Å². The van der Waals surface area contributed by atoms with Crippen LogP contribution in [-0.2, 0) is 39.3 Å². The van der Waals surface area contributed by atoms with Crippen molar-refractivity contribution in [1.29, 1.82) is 0 Å². The second-order valence-electron chi connectivity index (χ2n) is 4.20. The van der Waals surface area contributed by atoms with E-state index < -0.39 is 34.8 Å². The number of cyclic esters (lactones) is 1. The van der Waals surface area contributed by atoms with Crippen molar-refractivity contribution in [3.63, 3.8) is 0 Å². The first-order valence-electron chi connectivity index (χ1n) is 6.04. The summed E-state index contributed by atoms with van der Waals surface area (Å²) in [5, 5.41) is 9.30. The predicted molar refractivity (Wildman–Crippen MR) is 69.0 cm³/mol. The van der Waals surface area contributed by atoms with Gasteiger partial charge in [0.05, 0.1) is 14.2 Å². The van der Waals surface area contributed by atoms with Crippen molar-refractivity contribution >= 4 is 17.9 Å². The van der Waals surface area contributed by atoms with Gasteiger partial charge < -0.3 is 14.2 Å². The SMILES string of the molecule is COC(=O)C1=C(C(=O)OC)[C@](OO)(c2ccccc2)OC1=O. The molecule has 0 unspecified atom stereocenters. The third kappa shape index (κ3) is 2.24. The lowest BCUT2D eigenvalue weighted by Gasteiger charge is -2.26. The van der Waals surface area contributed by atoms with Gasteiger partial charge in [0.2, 0.25) is 0 Å². The van der Waals surface area contributed by atoms with E-state index >= 15 is 0 Å². The van der Waals surface area contributed by atoms with Crippen LogP contribution in [0.5, 0.6) is 0 Å². The Labute approximate surface area is 124 Å². The van der Waals surface area contributed by atoms with Crippen LogP contribution in [0.1, 0.15) is 5.56 Å². The van der Waals surface area contributed by atoms with Gasteiger partial charge in [-0.2, -0.15) is 4.89 Å². The molecule has 116 valence electrons. The topological polar surface area (TPSA) is 108 Å². The first kappa shape index (κ1) is 15.7. The molecule has 0 saturated carbocycles. The average Bonchev–Trinajstić information content (AvgIpc) is 2.87. The molecule has 0 amide bonds. The molecule has 1 N–H and O–H groups in total. The van der Waals surface area contributed by atoms with Crippen LogP contribution in [0.4, 0.5) is 0 Å². The van der Waals surface area contributed by atoms with Gasteiger partial charge in [-0.25, -0.2) is 19.6 Å². The highest BCUT2D eigenvalue weighted by Gasteiger charge is 2.57. The Hall–Kier alpha value is -2.71. The third-order valence-electron chi connectivity index (χ3n) is 3.08. The Morgan fingerprint density at radius 1 is 1.09 bits per heavy atom. The normalized spacial score (nSPS) is 20.6. The Morgan fingerprint density at radius 2 is 1.68 bits per heavy atom. The second-order valence-corrected chi connectivity index (χ2v) is 4.20. The molecule has 0 aliphatic carbocycles. The molecular formula is C14H12O8. The zero-order chi connectivity index (χ0) is 16.3. The lowest BCUT2D eigenvalue weighted by Crippen LogP contribution is -2.35. The smallest absolute Gasteiger partial charge is 0.349 e. The van der Waals surface area contributed by atoms with Gasteiger partial charge in [-0.1, -0.05) is 30.3 Å². The largest absolute Gasteiger partial charge is 0.465 e. The average molecular weight is 308 g/mol. The number of carbonyl (C=O) groups is 3. The number of rotatable bonds is 4. The van der Waals surface area contributed by atoms with E-state index in [0.717, 1.165) is 14.2 Å². The lowest BCUT2D eigenvalue weighted by molar-refractivity contribution is -0.380.